The molecule has 0 amide bonds. The summed E-state index contributed by atoms with van der Waals surface area (Å²) in [7, 11) is 0. The van der Waals surface area contributed by atoms with E-state index < -0.39 is 5.41 Å². The zero-order valence-electron chi connectivity index (χ0n) is 20.2. The van der Waals surface area contributed by atoms with Gasteiger partial charge in [-0.15, -0.1) is 11.3 Å². The lowest BCUT2D eigenvalue weighted by atomic mass is 9.68. The molecule has 170 valence electrons. The average molecular weight is 478 g/mol. The van der Waals surface area contributed by atoms with Crippen molar-refractivity contribution in [2.75, 3.05) is 0 Å². The largest absolute Gasteiger partial charge is 0.251 e. The van der Waals surface area contributed by atoms with Gasteiger partial charge >= 0.3 is 0 Å². The lowest BCUT2D eigenvalue weighted by molar-refractivity contribution is 0.881. The second kappa shape index (κ2) is 7.02. The van der Waals surface area contributed by atoms with Crippen molar-refractivity contribution >= 4 is 42.9 Å². The van der Waals surface area contributed by atoms with Crippen molar-refractivity contribution in [3.8, 4) is 11.1 Å². The van der Waals surface area contributed by atoms with Gasteiger partial charge in [-0.2, -0.15) is 0 Å². The number of fused-ring (bicyclic) bond motifs is 11. The van der Waals surface area contributed by atoms with Gasteiger partial charge in [0.25, 0.3) is 0 Å². The summed E-state index contributed by atoms with van der Waals surface area (Å²) in [5.74, 6) is 0. The Labute approximate surface area is 214 Å². The highest BCUT2D eigenvalue weighted by Gasteiger charge is 2.53. The normalized spacial score (nSPS) is 17.4. The third kappa shape index (κ3) is 2.33. The third-order valence-electron chi connectivity index (χ3n) is 8.28. The molecule has 1 nitrogen and oxygen atoms in total. The molecule has 0 saturated carbocycles. The van der Waals surface area contributed by atoms with Crippen LogP contribution in [-0.4, -0.2) is 5.71 Å². The molecule has 2 heterocycles. The first kappa shape index (κ1) is 20.2. The fraction of sp³-hybridized carbons (Fsp3) is 0.0882. The predicted molar refractivity (Wildman–Crippen MR) is 153 cm³/mol. The molecule has 0 bridgehead atoms. The minimum absolute atomic E-state index is 0.425. The second-order valence-corrected chi connectivity index (χ2v) is 11.0. The van der Waals surface area contributed by atoms with Crippen LogP contribution < -0.4 is 0 Å². The van der Waals surface area contributed by atoms with Gasteiger partial charge in [0.1, 0.15) is 0 Å². The van der Waals surface area contributed by atoms with E-state index in [2.05, 4.69) is 117 Å². The molecule has 1 atom stereocenters. The summed E-state index contributed by atoms with van der Waals surface area (Å²) in [4.78, 5) is 5.46. The quantitative estimate of drug-likeness (QED) is 0.224. The van der Waals surface area contributed by atoms with Crippen LogP contribution in [0.3, 0.4) is 0 Å². The lowest BCUT2D eigenvalue weighted by Gasteiger charge is -2.31. The van der Waals surface area contributed by atoms with Crippen molar-refractivity contribution in [1.82, 2.24) is 0 Å². The predicted octanol–water partition coefficient (Wildman–Crippen LogP) is 9.12. The van der Waals surface area contributed by atoms with Crippen LogP contribution in [0.1, 0.15) is 33.4 Å². The van der Waals surface area contributed by atoms with Gasteiger partial charge < -0.3 is 0 Å². The van der Waals surface area contributed by atoms with E-state index in [1.54, 1.807) is 0 Å². The smallest absolute Gasteiger partial charge is 0.0913 e. The van der Waals surface area contributed by atoms with Crippen LogP contribution in [0, 0.1) is 13.8 Å². The summed E-state index contributed by atoms with van der Waals surface area (Å²) in [5.41, 5.74) is 12.3. The third-order valence-corrected chi connectivity index (χ3v) is 9.49. The second-order valence-electron chi connectivity index (χ2n) is 9.99. The molecule has 1 aromatic heterocycles. The molecule has 8 rings (SSSR count). The van der Waals surface area contributed by atoms with Gasteiger partial charge in [0.05, 0.1) is 16.8 Å². The molecule has 0 N–H and O–H groups in total. The Morgan fingerprint density at radius 1 is 0.639 bits per heavy atom. The Balaban J connectivity index is 1.58. The molecule has 1 spiro atoms. The number of nitrogens with zero attached hydrogens (tertiary/aromatic N) is 1. The van der Waals surface area contributed by atoms with Crippen LogP contribution in [0.25, 0.3) is 31.3 Å². The Morgan fingerprint density at radius 2 is 1.39 bits per heavy atom. The monoisotopic (exact) mass is 477 g/mol. The van der Waals surface area contributed by atoms with Crippen LogP contribution in [0.2, 0.25) is 0 Å². The Kier molecular flexibility index (Phi) is 3.94. The van der Waals surface area contributed by atoms with Gasteiger partial charge in [0.15, 0.2) is 0 Å². The van der Waals surface area contributed by atoms with Crippen molar-refractivity contribution in [2.45, 2.75) is 19.3 Å². The maximum Gasteiger partial charge on any atom is 0.0913 e. The van der Waals surface area contributed by atoms with Crippen molar-refractivity contribution < 1.29 is 0 Å². The molecule has 1 unspecified atom stereocenters. The summed E-state index contributed by atoms with van der Waals surface area (Å²) in [6, 6.07) is 37.9. The van der Waals surface area contributed by atoms with Gasteiger partial charge in [-0.3, -0.25) is 4.99 Å². The van der Waals surface area contributed by atoms with E-state index in [4.69, 9.17) is 4.99 Å². The number of aliphatic imine (C=N–C) groups is 1. The number of aryl methyl sites for hydroxylation is 1. The minimum atomic E-state index is -0.425. The van der Waals surface area contributed by atoms with E-state index in [9.17, 15) is 0 Å². The van der Waals surface area contributed by atoms with Gasteiger partial charge in [-0.25, -0.2) is 0 Å². The number of benzene rings is 5. The number of hydrogen-bond acceptors (Lipinski definition) is 2. The Hall–Kier alpha value is -4.01. The summed E-state index contributed by atoms with van der Waals surface area (Å²) in [6.45, 7) is 4.41. The van der Waals surface area contributed by atoms with Crippen LogP contribution >= 0.6 is 11.3 Å². The van der Waals surface area contributed by atoms with Gasteiger partial charge in [0, 0.05) is 25.7 Å². The highest BCUT2D eigenvalue weighted by atomic mass is 32.1. The first-order valence-electron chi connectivity index (χ1n) is 12.5. The molecule has 1 aliphatic heterocycles. The molecule has 0 radical (unpaired) electrons. The van der Waals surface area contributed by atoms with Crippen LogP contribution in [0.15, 0.2) is 108 Å². The van der Waals surface area contributed by atoms with Crippen LogP contribution in [0.5, 0.6) is 0 Å². The lowest BCUT2D eigenvalue weighted by Crippen LogP contribution is -2.34. The van der Waals surface area contributed by atoms with Crippen LogP contribution in [0.4, 0.5) is 5.69 Å². The summed E-state index contributed by atoms with van der Waals surface area (Å²) < 4.78 is 2.72. The number of thiophene rings is 1. The van der Waals surface area contributed by atoms with Gasteiger partial charge in [0.2, 0.25) is 0 Å². The topological polar surface area (TPSA) is 12.4 Å². The molecule has 5 aromatic carbocycles. The molecule has 1 aliphatic carbocycles. The van der Waals surface area contributed by atoms with E-state index in [0.717, 1.165) is 11.4 Å². The molecular formula is C34H23NS. The van der Waals surface area contributed by atoms with Crippen molar-refractivity contribution in [2.24, 2.45) is 4.99 Å². The van der Waals surface area contributed by atoms with E-state index in [1.165, 1.54) is 64.7 Å². The molecule has 0 fully saturated rings. The molecular weight excluding hydrogens is 454 g/mol. The van der Waals surface area contributed by atoms with Crippen molar-refractivity contribution in [1.29, 1.82) is 0 Å². The SMILES string of the molecule is Cc1ccc2c(c1C)N=C(c1ccccc1)C21c2ccccc2-c2c1ccc1c2sc2ccccc21. The fourth-order valence-corrected chi connectivity index (χ4v) is 7.80. The van der Waals surface area contributed by atoms with Gasteiger partial charge in [-0.05, 0) is 58.9 Å². The first-order valence-corrected chi connectivity index (χ1v) is 13.3. The highest BCUT2D eigenvalue weighted by Crippen LogP contribution is 2.61. The zero-order chi connectivity index (χ0) is 24.0. The van der Waals surface area contributed by atoms with Crippen LogP contribution in [-0.2, 0) is 5.41 Å². The summed E-state index contributed by atoms with van der Waals surface area (Å²) >= 11 is 1.92. The maximum atomic E-state index is 5.46. The standard InChI is InChI=1S/C34H23NS/c1-20-16-18-28-31(21(20)2)35-33(22-10-4-3-5-11-22)34(28)26-14-8-6-13-25(26)30-27(34)19-17-24-23-12-7-9-15-29(23)36-32(24)30/h3-19H,1-2H3. The van der Waals surface area contributed by atoms with Crippen molar-refractivity contribution in [3.05, 3.63) is 137 Å². The molecule has 2 heteroatoms. The van der Waals surface area contributed by atoms with E-state index >= 15 is 0 Å². The zero-order valence-corrected chi connectivity index (χ0v) is 21.0. The number of hydrogen-bond donors (Lipinski definition) is 0. The van der Waals surface area contributed by atoms with Crippen molar-refractivity contribution in [3.63, 3.8) is 0 Å². The highest BCUT2D eigenvalue weighted by molar-refractivity contribution is 7.26. The first-order chi connectivity index (χ1) is 17.7. The fourth-order valence-electron chi connectivity index (χ4n) is 6.54. The van der Waals surface area contributed by atoms with Gasteiger partial charge in [-0.1, -0.05) is 97.1 Å². The van der Waals surface area contributed by atoms with E-state index in [0.29, 0.717) is 0 Å². The Morgan fingerprint density at radius 3 is 2.28 bits per heavy atom. The summed E-state index contributed by atoms with van der Waals surface area (Å²) in [5, 5.41) is 2.69. The average Bonchev–Trinajstić information content (AvgIpc) is 3.57. The van der Waals surface area contributed by atoms with E-state index in [-0.39, 0.29) is 0 Å². The van der Waals surface area contributed by atoms with E-state index in [1.807, 2.05) is 11.3 Å². The minimum Gasteiger partial charge on any atom is -0.251 e. The number of rotatable bonds is 1. The maximum absolute atomic E-state index is 5.46. The Bertz CT molecular complexity index is 1910. The summed E-state index contributed by atoms with van der Waals surface area (Å²) in [6.07, 6.45) is 0. The molecule has 2 aliphatic rings. The molecule has 36 heavy (non-hydrogen) atoms. The molecule has 6 aromatic rings. The molecule has 0 saturated heterocycles.